The van der Waals surface area contributed by atoms with E-state index in [1.807, 2.05) is 35.6 Å². The minimum absolute atomic E-state index is 0.0782. The van der Waals surface area contributed by atoms with Gasteiger partial charge in [-0.05, 0) is 41.1 Å². The highest BCUT2D eigenvalue weighted by Crippen LogP contribution is 2.23. The molecule has 2 aromatic rings. The first-order chi connectivity index (χ1) is 10.7. The lowest BCUT2D eigenvalue weighted by atomic mass is 10.1. The Morgan fingerprint density at radius 3 is 2.91 bits per heavy atom. The van der Waals surface area contributed by atoms with Crippen molar-refractivity contribution in [2.24, 2.45) is 0 Å². The van der Waals surface area contributed by atoms with Gasteiger partial charge in [-0.25, -0.2) is 0 Å². The van der Waals surface area contributed by atoms with Crippen molar-refractivity contribution in [1.82, 2.24) is 10.2 Å². The first-order valence-electron chi connectivity index (χ1n) is 7.42. The standard InChI is InChI=1S/C17H20N2O2S/c1-21-15-4-2-13(3-5-15)10-18-17(20)12-19-8-6-16-14(11-19)7-9-22-16/h2-5,7,9H,6,8,10-12H2,1H3,(H,18,20). The highest BCUT2D eigenvalue weighted by Gasteiger charge is 2.18. The SMILES string of the molecule is COc1ccc(CNC(=O)CN2CCc3sccc3C2)cc1. The summed E-state index contributed by atoms with van der Waals surface area (Å²) in [5.74, 6) is 0.907. The minimum Gasteiger partial charge on any atom is -0.497 e. The van der Waals surface area contributed by atoms with Gasteiger partial charge in [-0.15, -0.1) is 11.3 Å². The van der Waals surface area contributed by atoms with Gasteiger partial charge in [-0.1, -0.05) is 12.1 Å². The molecule has 0 atom stereocenters. The summed E-state index contributed by atoms with van der Waals surface area (Å²) in [7, 11) is 1.65. The van der Waals surface area contributed by atoms with E-state index in [-0.39, 0.29) is 5.91 Å². The number of hydrogen-bond acceptors (Lipinski definition) is 4. The van der Waals surface area contributed by atoms with Crippen LogP contribution >= 0.6 is 11.3 Å². The van der Waals surface area contributed by atoms with Gasteiger partial charge in [-0.3, -0.25) is 9.69 Å². The van der Waals surface area contributed by atoms with Crippen molar-refractivity contribution >= 4 is 17.2 Å². The van der Waals surface area contributed by atoms with E-state index >= 15 is 0 Å². The molecular formula is C17H20N2O2S. The quantitative estimate of drug-likeness (QED) is 0.921. The van der Waals surface area contributed by atoms with Crippen LogP contribution in [0.4, 0.5) is 0 Å². The fourth-order valence-electron chi connectivity index (χ4n) is 2.64. The Kier molecular flexibility index (Phi) is 4.75. The molecule has 2 heterocycles. The Hall–Kier alpha value is -1.85. The molecule has 1 aliphatic rings. The van der Waals surface area contributed by atoms with Gasteiger partial charge < -0.3 is 10.1 Å². The first kappa shape index (κ1) is 15.1. The number of nitrogens with one attached hydrogen (secondary N) is 1. The zero-order valence-corrected chi connectivity index (χ0v) is 13.5. The van der Waals surface area contributed by atoms with Gasteiger partial charge in [0.15, 0.2) is 0 Å². The van der Waals surface area contributed by atoms with Crippen molar-refractivity contribution in [1.29, 1.82) is 0 Å². The number of rotatable bonds is 5. The summed E-state index contributed by atoms with van der Waals surface area (Å²) in [6.45, 7) is 2.87. The van der Waals surface area contributed by atoms with Crippen molar-refractivity contribution in [3.63, 3.8) is 0 Å². The normalized spacial score (nSPS) is 14.4. The van der Waals surface area contributed by atoms with Crippen LogP contribution in [0.5, 0.6) is 5.75 Å². The average molecular weight is 316 g/mol. The van der Waals surface area contributed by atoms with Gasteiger partial charge in [0.2, 0.25) is 5.91 Å². The highest BCUT2D eigenvalue weighted by atomic mass is 32.1. The smallest absolute Gasteiger partial charge is 0.234 e. The lowest BCUT2D eigenvalue weighted by Crippen LogP contribution is -2.39. The second-order valence-corrected chi connectivity index (χ2v) is 6.46. The fraction of sp³-hybridized carbons (Fsp3) is 0.353. The Balaban J connectivity index is 1.46. The number of fused-ring (bicyclic) bond motifs is 1. The van der Waals surface area contributed by atoms with E-state index in [4.69, 9.17) is 4.74 Å². The van der Waals surface area contributed by atoms with Crippen molar-refractivity contribution in [3.8, 4) is 5.75 Å². The van der Waals surface area contributed by atoms with Gasteiger partial charge >= 0.3 is 0 Å². The number of thiophene rings is 1. The number of amides is 1. The molecule has 3 rings (SSSR count). The van der Waals surface area contributed by atoms with Crippen LogP contribution in [0, 0.1) is 0 Å². The van der Waals surface area contributed by atoms with Crippen LogP contribution in [0.25, 0.3) is 0 Å². The molecule has 0 unspecified atom stereocenters. The Morgan fingerprint density at radius 1 is 1.32 bits per heavy atom. The molecule has 0 radical (unpaired) electrons. The molecule has 1 aliphatic heterocycles. The van der Waals surface area contributed by atoms with E-state index in [0.29, 0.717) is 13.1 Å². The third-order valence-corrected chi connectivity index (χ3v) is 4.93. The molecule has 0 fully saturated rings. The van der Waals surface area contributed by atoms with E-state index in [1.54, 1.807) is 7.11 Å². The maximum atomic E-state index is 12.1. The van der Waals surface area contributed by atoms with Crippen LogP contribution in [0.2, 0.25) is 0 Å². The Labute approximate surface area is 134 Å². The van der Waals surface area contributed by atoms with Gasteiger partial charge in [-0.2, -0.15) is 0 Å². The maximum absolute atomic E-state index is 12.1. The average Bonchev–Trinajstić information content (AvgIpc) is 3.01. The summed E-state index contributed by atoms with van der Waals surface area (Å²) in [6, 6.07) is 9.92. The van der Waals surface area contributed by atoms with Crippen LogP contribution in [0.15, 0.2) is 35.7 Å². The Bertz CT molecular complexity index is 636. The van der Waals surface area contributed by atoms with E-state index in [2.05, 4.69) is 21.7 Å². The van der Waals surface area contributed by atoms with E-state index in [1.165, 1.54) is 10.4 Å². The van der Waals surface area contributed by atoms with Crippen LogP contribution in [0.1, 0.15) is 16.0 Å². The van der Waals surface area contributed by atoms with E-state index in [9.17, 15) is 4.79 Å². The molecule has 0 bridgehead atoms. The van der Waals surface area contributed by atoms with Crippen molar-refractivity contribution < 1.29 is 9.53 Å². The van der Waals surface area contributed by atoms with Gasteiger partial charge in [0, 0.05) is 24.5 Å². The van der Waals surface area contributed by atoms with Crippen LogP contribution in [-0.2, 0) is 24.3 Å². The molecule has 1 aromatic heterocycles. The lowest BCUT2D eigenvalue weighted by molar-refractivity contribution is -0.122. The molecule has 116 valence electrons. The number of hydrogen-bond donors (Lipinski definition) is 1. The second kappa shape index (κ2) is 6.94. The summed E-state index contributed by atoms with van der Waals surface area (Å²) in [5, 5.41) is 5.12. The molecule has 1 aromatic carbocycles. The van der Waals surface area contributed by atoms with Gasteiger partial charge in [0.25, 0.3) is 0 Å². The number of carbonyl (C=O) groups excluding carboxylic acids is 1. The number of methoxy groups -OCH3 is 1. The zero-order valence-electron chi connectivity index (χ0n) is 12.7. The highest BCUT2D eigenvalue weighted by molar-refractivity contribution is 7.10. The number of carbonyl (C=O) groups is 1. The van der Waals surface area contributed by atoms with Crippen molar-refractivity contribution in [2.45, 2.75) is 19.5 Å². The summed E-state index contributed by atoms with van der Waals surface area (Å²) in [6.07, 6.45) is 1.05. The van der Waals surface area contributed by atoms with Crippen LogP contribution < -0.4 is 10.1 Å². The first-order valence-corrected chi connectivity index (χ1v) is 8.30. The molecule has 0 saturated carbocycles. The van der Waals surface area contributed by atoms with Crippen LogP contribution in [0.3, 0.4) is 0 Å². The molecule has 0 spiro atoms. The van der Waals surface area contributed by atoms with E-state index < -0.39 is 0 Å². The molecular weight excluding hydrogens is 296 g/mol. The fourth-order valence-corrected chi connectivity index (χ4v) is 3.53. The monoisotopic (exact) mass is 316 g/mol. The van der Waals surface area contributed by atoms with Gasteiger partial charge in [0.05, 0.1) is 13.7 Å². The third-order valence-electron chi connectivity index (χ3n) is 3.90. The summed E-state index contributed by atoms with van der Waals surface area (Å²) >= 11 is 1.82. The largest absolute Gasteiger partial charge is 0.497 e. The van der Waals surface area contributed by atoms with Crippen molar-refractivity contribution in [3.05, 3.63) is 51.7 Å². The number of nitrogens with zero attached hydrogens (tertiary/aromatic N) is 1. The van der Waals surface area contributed by atoms with E-state index in [0.717, 1.165) is 30.8 Å². The van der Waals surface area contributed by atoms with Crippen molar-refractivity contribution in [2.75, 3.05) is 20.2 Å². The molecule has 1 amide bonds. The Morgan fingerprint density at radius 2 is 2.14 bits per heavy atom. The number of benzene rings is 1. The molecule has 0 saturated heterocycles. The molecule has 5 heteroatoms. The molecule has 1 N–H and O–H groups in total. The maximum Gasteiger partial charge on any atom is 0.234 e. The third kappa shape index (κ3) is 3.67. The molecule has 0 aliphatic carbocycles. The topological polar surface area (TPSA) is 41.6 Å². The predicted molar refractivity (Wildman–Crippen MR) is 88.1 cm³/mol. The number of ether oxygens (including phenoxy) is 1. The second-order valence-electron chi connectivity index (χ2n) is 5.45. The van der Waals surface area contributed by atoms with Gasteiger partial charge in [0.1, 0.15) is 5.75 Å². The predicted octanol–water partition coefficient (Wildman–Crippen LogP) is 2.43. The minimum atomic E-state index is 0.0782. The summed E-state index contributed by atoms with van der Waals surface area (Å²) < 4.78 is 5.12. The van der Waals surface area contributed by atoms with Crippen LogP contribution in [-0.4, -0.2) is 31.0 Å². The summed E-state index contributed by atoms with van der Waals surface area (Å²) in [4.78, 5) is 15.8. The molecule has 22 heavy (non-hydrogen) atoms. The zero-order chi connectivity index (χ0) is 15.4. The lowest BCUT2D eigenvalue weighted by Gasteiger charge is -2.26. The molecule has 4 nitrogen and oxygen atoms in total. The summed E-state index contributed by atoms with van der Waals surface area (Å²) in [5.41, 5.74) is 2.45.